The average Bonchev–Trinajstić information content (AvgIpc) is 2.17. The predicted molar refractivity (Wildman–Crippen MR) is 70.9 cm³/mol. The van der Waals surface area contributed by atoms with Crippen LogP contribution in [0.4, 0.5) is 0 Å². The van der Waals surface area contributed by atoms with Crippen molar-refractivity contribution in [2.75, 3.05) is 7.11 Å². The quantitative estimate of drug-likeness (QED) is 0.605. The van der Waals surface area contributed by atoms with Crippen molar-refractivity contribution in [2.45, 2.75) is 24.4 Å². The maximum absolute atomic E-state index is 5.81. The molecule has 0 heterocycles. The van der Waals surface area contributed by atoms with Crippen molar-refractivity contribution in [1.82, 2.24) is 0 Å². The van der Waals surface area contributed by atoms with Gasteiger partial charge in [0.15, 0.2) is 11.5 Å². The molecule has 0 radical (unpaired) electrons. The first kappa shape index (κ1) is 12.6. The van der Waals surface area contributed by atoms with E-state index in [9.17, 15) is 0 Å². The fourth-order valence-corrected chi connectivity index (χ4v) is 2.56. The number of rotatable bonds is 5. The Bertz CT molecular complexity index is 299. The van der Waals surface area contributed by atoms with E-state index in [1.807, 2.05) is 24.3 Å². The zero-order chi connectivity index (χ0) is 11.3. The Morgan fingerprint density at radius 2 is 1.80 bits per heavy atom. The third-order valence-corrected chi connectivity index (χ3v) is 2.74. The molecule has 0 saturated heterocycles. The number of benzene rings is 1. The summed E-state index contributed by atoms with van der Waals surface area (Å²) in [6, 6.07) is 7.74. The molecule has 0 aromatic heterocycles. The van der Waals surface area contributed by atoms with E-state index < -0.39 is 0 Å². The van der Waals surface area contributed by atoms with Gasteiger partial charge in [0.2, 0.25) is 0 Å². The Hall–Kier alpha value is -0.450. The van der Waals surface area contributed by atoms with Crippen LogP contribution in [0.2, 0.25) is 0 Å². The van der Waals surface area contributed by atoms with Crippen LogP contribution in [0, 0.1) is 5.92 Å². The molecule has 3 heteroatoms. The third-order valence-electron chi connectivity index (χ3n) is 1.98. The lowest BCUT2D eigenvalue weighted by molar-refractivity contribution is 0.257. The minimum Gasteiger partial charge on any atom is -0.493 e. The first-order valence-electron chi connectivity index (χ1n) is 5.07. The van der Waals surface area contributed by atoms with E-state index in [-0.39, 0.29) is 4.11 Å². The van der Waals surface area contributed by atoms with Gasteiger partial charge in [0.05, 0.1) is 7.11 Å². The van der Waals surface area contributed by atoms with Crippen LogP contribution in [0.15, 0.2) is 24.3 Å². The number of para-hydroxylation sites is 2. The van der Waals surface area contributed by atoms with Gasteiger partial charge in [0.25, 0.3) is 0 Å². The molecule has 0 saturated carbocycles. The summed E-state index contributed by atoms with van der Waals surface area (Å²) in [7, 11) is 1.66. The molecule has 0 spiro atoms. The fraction of sp³-hybridized carbons (Fsp3) is 0.500. The standard InChI is InChI=1S/C12H17IO2/c1-9(2)8-12(13)15-11-7-5-4-6-10(11)14-3/h4-7,9,12H,8H2,1-3H3. The number of alkyl halides is 1. The zero-order valence-electron chi connectivity index (χ0n) is 9.37. The Morgan fingerprint density at radius 3 is 2.33 bits per heavy atom. The molecule has 0 aliphatic rings. The molecule has 0 aliphatic carbocycles. The minimum absolute atomic E-state index is 0.193. The van der Waals surface area contributed by atoms with Crippen LogP contribution in [0.25, 0.3) is 0 Å². The summed E-state index contributed by atoms with van der Waals surface area (Å²) in [4.78, 5) is 0. The van der Waals surface area contributed by atoms with Crippen LogP contribution in [0.3, 0.4) is 0 Å². The number of methoxy groups -OCH3 is 1. The van der Waals surface area contributed by atoms with Crippen molar-refractivity contribution in [3.8, 4) is 11.5 Å². The highest BCUT2D eigenvalue weighted by Gasteiger charge is 2.10. The van der Waals surface area contributed by atoms with Gasteiger partial charge in [0, 0.05) is 0 Å². The van der Waals surface area contributed by atoms with E-state index in [0.29, 0.717) is 5.92 Å². The molecule has 15 heavy (non-hydrogen) atoms. The summed E-state index contributed by atoms with van der Waals surface area (Å²) in [6.45, 7) is 4.38. The summed E-state index contributed by atoms with van der Waals surface area (Å²) in [5.74, 6) is 2.25. The number of hydrogen-bond acceptors (Lipinski definition) is 2. The maximum Gasteiger partial charge on any atom is 0.162 e. The second-order valence-corrected chi connectivity index (χ2v) is 5.20. The van der Waals surface area contributed by atoms with Crippen molar-refractivity contribution in [2.24, 2.45) is 5.92 Å². The zero-order valence-corrected chi connectivity index (χ0v) is 11.5. The Balaban J connectivity index is 2.63. The van der Waals surface area contributed by atoms with Crippen molar-refractivity contribution < 1.29 is 9.47 Å². The van der Waals surface area contributed by atoms with E-state index >= 15 is 0 Å². The topological polar surface area (TPSA) is 18.5 Å². The number of hydrogen-bond donors (Lipinski definition) is 0. The van der Waals surface area contributed by atoms with Gasteiger partial charge in [0.1, 0.15) is 4.11 Å². The van der Waals surface area contributed by atoms with Gasteiger partial charge in [-0.25, -0.2) is 0 Å². The summed E-state index contributed by atoms with van der Waals surface area (Å²) >= 11 is 2.32. The van der Waals surface area contributed by atoms with Crippen LogP contribution < -0.4 is 9.47 Å². The molecular formula is C12H17IO2. The van der Waals surface area contributed by atoms with Gasteiger partial charge in [-0.2, -0.15) is 0 Å². The van der Waals surface area contributed by atoms with Crippen LogP contribution >= 0.6 is 22.6 Å². The number of ether oxygens (including phenoxy) is 2. The first-order chi connectivity index (χ1) is 7.13. The SMILES string of the molecule is COc1ccccc1OC(I)CC(C)C. The molecule has 84 valence electrons. The molecule has 2 nitrogen and oxygen atoms in total. The van der Waals surface area contributed by atoms with E-state index in [2.05, 4.69) is 36.4 Å². The van der Waals surface area contributed by atoms with E-state index in [0.717, 1.165) is 17.9 Å². The molecule has 1 atom stereocenters. The Labute approximate surface area is 105 Å². The Kier molecular flexibility index (Phi) is 5.22. The van der Waals surface area contributed by atoms with Gasteiger partial charge >= 0.3 is 0 Å². The highest BCUT2D eigenvalue weighted by atomic mass is 127. The molecule has 0 N–H and O–H groups in total. The molecule has 0 aliphatic heterocycles. The van der Waals surface area contributed by atoms with Crippen molar-refractivity contribution >= 4 is 22.6 Å². The molecule has 0 fully saturated rings. The van der Waals surface area contributed by atoms with E-state index in [4.69, 9.17) is 9.47 Å². The molecule has 1 aromatic carbocycles. The van der Waals surface area contributed by atoms with Crippen molar-refractivity contribution in [3.05, 3.63) is 24.3 Å². The fourth-order valence-electron chi connectivity index (χ4n) is 1.27. The molecule has 0 amide bonds. The lowest BCUT2D eigenvalue weighted by atomic mass is 10.1. The van der Waals surface area contributed by atoms with Crippen LogP contribution in [0.5, 0.6) is 11.5 Å². The third kappa shape index (κ3) is 4.28. The second kappa shape index (κ2) is 6.20. The van der Waals surface area contributed by atoms with Gasteiger partial charge in [-0.05, 0) is 47.1 Å². The second-order valence-electron chi connectivity index (χ2n) is 3.81. The van der Waals surface area contributed by atoms with Crippen LogP contribution in [0.1, 0.15) is 20.3 Å². The number of halogens is 1. The van der Waals surface area contributed by atoms with Crippen LogP contribution in [-0.2, 0) is 0 Å². The molecule has 1 rings (SSSR count). The average molecular weight is 320 g/mol. The predicted octanol–water partition coefficient (Wildman–Crippen LogP) is 3.88. The maximum atomic E-state index is 5.81. The van der Waals surface area contributed by atoms with Crippen molar-refractivity contribution in [3.63, 3.8) is 0 Å². The minimum atomic E-state index is 0.193. The molecule has 1 unspecified atom stereocenters. The van der Waals surface area contributed by atoms with Gasteiger partial charge in [-0.3, -0.25) is 0 Å². The molecule has 0 bridgehead atoms. The van der Waals surface area contributed by atoms with E-state index in [1.165, 1.54) is 0 Å². The van der Waals surface area contributed by atoms with Crippen LogP contribution in [-0.4, -0.2) is 11.2 Å². The van der Waals surface area contributed by atoms with Gasteiger partial charge in [-0.1, -0.05) is 26.0 Å². The molecule has 1 aromatic rings. The Morgan fingerprint density at radius 1 is 1.20 bits per heavy atom. The highest BCUT2D eigenvalue weighted by molar-refractivity contribution is 14.1. The van der Waals surface area contributed by atoms with Gasteiger partial charge in [-0.15, -0.1) is 0 Å². The molecular weight excluding hydrogens is 303 g/mol. The summed E-state index contributed by atoms with van der Waals surface area (Å²) in [6.07, 6.45) is 1.04. The lowest BCUT2D eigenvalue weighted by Gasteiger charge is -2.16. The van der Waals surface area contributed by atoms with E-state index in [1.54, 1.807) is 7.11 Å². The largest absolute Gasteiger partial charge is 0.493 e. The normalized spacial score (nSPS) is 12.6. The first-order valence-corrected chi connectivity index (χ1v) is 6.31. The monoisotopic (exact) mass is 320 g/mol. The van der Waals surface area contributed by atoms with Crippen molar-refractivity contribution in [1.29, 1.82) is 0 Å². The smallest absolute Gasteiger partial charge is 0.162 e. The van der Waals surface area contributed by atoms with Gasteiger partial charge < -0.3 is 9.47 Å². The highest BCUT2D eigenvalue weighted by Crippen LogP contribution is 2.29. The summed E-state index contributed by atoms with van der Waals surface area (Å²) < 4.78 is 11.2. The lowest BCUT2D eigenvalue weighted by Crippen LogP contribution is -2.11. The summed E-state index contributed by atoms with van der Waals surface area (Å²) in [5.41, 5.74) is 0. The summed E-state index contributed by atoms with van der Waals surface area (Å²) in [5, 5.41) is 0.